The summed E-state index contributed by atoms with van der Waals surface area (Å²) in [7, 11) is 0. The Labute approximate surface area is 53.3 Å². The Kier molecular flexibility index (Phi) is 1.49. The molecular formula is C6H5ClN. The van der Waals surface area contributed by atoms with Crippen molar-refractivity contribution in [1.82, 2.24) is 4.98 Å². The third-order valence-corrected chi connectivity index (χ3v) is 1.01. The molecule has 0 spiro atoms. The van der Waals surface area contributed by atoms with Gasteiger partial charge in [-0.25, -0.2) is 0 Å². The Morgan fingerprint density at radius 1 is 1.75 bits per heavy atom. The van der Waals surface area contributed by atoms with Gasteiger partial charge < -0.3 is 0 Å². The molecule has 41 valence electrons. The molecule has 0 aliphatic rings. The number of rotatable bonds is 0. The van der Waals surface area contributed by atoms with Crippen LogP contribution in [0.1, 0.15) is 5.69 Å². The zero-order valence-electron chi connectivity index (χ0n) is 4.48. The van der Waals surface area contributed by atoms with E-state index >= 15 is 0 Å². The normalized spacial score (nSPS) is 9.25. The van der Waals surface area contributed by atoms with Crippen molar-refractivity contribution in [2.24, 2.45) is 0 Å². The Balaban J connectivity index is 3.03. The number of aromatic nitrogens is 1. The minimum absolute atomic E-state index is 0.635. The van der Waals surface area contributed by atoms with Gasteiger partial charge in [0.15, 0.2) is 0 Å². The predicted octanol–water partition coefficient (Wildman–Crippen LogP) is 1.84. The van der Waals surface area contributed by atoms with E-state index in [0.717, 1.165) is 5.69 Å². The minimum Gasteiger partial charge on any atom is -0.259 e. The van der Waals surface area contributed by atoms with E-state index in [4.69, 9.17) is 11.6 Å². The third kappa shape index (κ3) is 1.20. The second kappa shape index (κ2) is 2.14. The summed E-state index contributed by atoms with van der Waals surface area (Å²) in [6, 6.07) is 4.55. The van der Waals surface area contributed by atoms with Gasteiger partial charge in [-0.15, -0.1) is 0 Å². The monoisotopic (exact) mass is 126 g/mol. The average Bonchev–Trinajstić information content (AvgIpc) is 1.77. The van der Waals surface area contributed by atoms with Crippen molar-refractivity contribution >= 4 is 11.6 Å². The SMILES string of the molecule is Cc1[c]cc(Cl)cn1. The third-order valence-electron chi connectivity index (χ3n) is 0.800. The van der Waals surface area contributed by atoms with E-state index in [2.05, 4.69) is 11.1 Å². The van der Waals surface area contributed by atoms with Crippen molar-refractivity contribution in [3.8, 4) is 0 Å². The molecule has 0 aliphatic carbocycles. The molecule has 0 aliphatic heterocycles. The maximum atomic E-state index is 5.52. The van der Waals surface area contributed by atoms with Crippen molar-refractivity contribution < 1.29 is 0 Å². The van der Waals surface area contributed by atoms with E-state index in [-0.39, 0.29) is 0 Å². The molecule has 1 radical (unpaired) electrons. The van der Waals surface area contributed by atoms with Gasteiger partial charge in [-0.1, -0.05) is 11.6 Å². The molecular weight excluding hydrogens is 122 g/mol. The fourth-order valence-electron chi connectivity index (χ4n) is 0.406. The highest BCUT2D eigenvalue weighted by molar-refractivity contribution is 6.30. The van der Waals surface area contributed by atoms with Crippen LogP contribution < -0.4 is 0 Å². The fraction of sp³-hybridized carbons (Fsp3) is 0.167. The lowest BCUT2D eigenvalue weighted by Crippen LogP contribution is -1.76. The molecule has 0 saturated heterocycles. The Morgan fingerprint density at radius 3 is 2.88 bits per heavy atom. The maximum Gasteiger partial charge on any atom is 0.0595 e. The quantitative estimate of drug-likeness (QED) is 0.517. The first-order valence-corrected chi connectivity index (χ1v) is 2.66. The summed E-state index contributed by atoms with van der Waals surface area (Å²) in [5, 5.41) is 0.635. The first kappa shape index (κ1) is 5.57. The molecule has 0 bridgehead atoms. The van der Waals surface area contributed by atoms with Gasteiger partial charge in [-0.05, 0) is 13.0 Å². The Morgan fingerprint density at radius 2 is 2.50 bits per heavy atom. The highest BCUT2D eigenvalue weighted by Crippen LogP contribution is 2.03. The highest BCUT2D eigenvalue weighted by atomic mass is 35.5. The molecule has 0 unspecified atom stereocenters. The summed E-state index contributed by atoms with van der Waals surface area (Å²) in [6.45, 7) is 1.87. The maximum absolute atomic E-state index is 5.52. The topological polar surface area (TPSA) is 12.9 Å². The molecule has 0 aromatic carbocycles. The van der Waals surface area contributed by atoms with E-state index in [1.807, 2.05) is 6.92 Å². The van der Waals surface area contributed by atoms with Crippen molar-refractivity contribution in [1.29, 1.82) is 0 Å². The predicted molar refractivity (Wildman–Crippen MR) is 32.8 cm³/mol. The van der Waals surface area contributed by atoms with E-state index in [9.17, 15) is 0 Å². The second-order valence-electron chi connectivity index (χ2n) is 1.52. The molecule has 0 N–H and O–H groups in total. The van der Waals surface area contributed by atoms with Gasteiger partial charge in [-0.3, -0.25) is 4.98 Å². The number of nitrogens with zero attached hydrogens (tertiary/aromatic N) is 1. The summed E-state index contributed by atoms with van der Waals surface area (Å²) in [4.78, 5) is 3.89. The highest BCUT2D eigenvalue weighted by Gasteiger charge is 1.84. The van der Waals surface area contributed by atoms with Crippen LogP contribution in [-0.4, -0.2) is 4.98 Å². The first-order chi connectivity index (χ1) is 3.79. The lowest BCUT2D eigenvalue weighted by Gasteiger charge is -1.86. The first-order valence-electron chi connectivity index (χ1n) is 2.29. The smallest absolute Gasteiger partial charge is 0.0595 e. The number of halogens is 1. The fourth-order valence-corrected chi connectivity index (χ4v) is 0.510. The number of hydrogen-bond acceptors (Lipinski definition) is 1. The lowest BCUT2D eigenvalue weighted by molar-refractivity contribution is 1.20. The molecule has 1 nitrogen and oxygen atoms in total. The summed E-state index contributed by atoms with van der Waals surface area (Å²) >= 11 is 5.52. The van der Waals surface area contributed by atoms with E-state index in [1.165, 1.54) is 0 Å². The lowest BCUT2D eigenvalue weighted by atomic mass is 10.4. The zero-order chi connectivity index (χ0) is 5.98. The summed E-state index contributed by atoms with van der Waals surface area (Å²) in [5.41, 5.74) is 0.870. The Bertz CT molecular complexity index is 147. The van der Waals surface area contributed by atoms with Crippen LogP contribution in [0.3, 0.4) is 0 Å². The van der Waals surface area contributed by atoms with Crippen molar-refractivity contribution in [2.75, 3.05) is 0 Å². The van der Waals surface area contributed by atoms with Gasteiger partial charge in [0, 0.05) is 18.0 Å². The van der Waals surface area contributed by atoms with Crippen LogP contribution in [0, 0.1) is 13.0 Å². The molecule has 0 atom stereocenters. The molecule has 0 amide bonds. The standard InChI is InChI=1S/C6H5ClN/c1-5-2-3-6(7)4-8-5/h3-4H,1H3. The zero-order valence-corrected chi connectivity index (χ0v) is 5.24. The van der Waals surface area contributed by atoms with Crippen LogP contribution in [0.15, 0.2) is 12.3 Å². The molecule has 2 heteroatoms. The molecule has 0 fully saturated rings. The van der Waals surface area contributed by atoms with Crippen molar-refractivity contribution in [3.05, 3.63) is 29.0 Å². The van der Waals surface area contributed by atoms with E-state index in [1.54, 1.807) is 12.3 Å². The van der Waals surface area contributed by atoms with Crippen molar-refractivity contribution in [3.63, 3.8) is 0 Å². The number of pyridine rings is 1. The van der Waals surface area contributed by atoms with Gasteiger partial charge in [-0.2, -0.15) is 0 Å². The van der Waals surface area contributed by atoms with E-state index in [0.29, 0.717) is 5.02 Å². The molecule has 1 aromatic heterocycles. The van der Waals surface area contributed by atoms with Crippen molar-refractivity contribution in [2.45, 2.75) is 6.92 Å². The summed E-state index contributed by atoms with van der Waals surface area (Å²) in [6.07, 6.45) is 1.60. The molecule has 1 aromatic rings. The van der Waals surface area contributed by atoms with Crippen LogP contribution in [0.25, 0.3) is 0 Å². The van der Waals surface area contributed by atoms with Crippen LogP contribution in [-0.2, 0) is 0 Å². The van der Waals surface area contributed by atoms with Gasteiger partial charge in [0.2, 0.25) is 0 Å². The largest absolute Gasteiger partial charge is 0.259 e. The van der Waals surface area contributed by atoms with Crippen LogP contribution >= 0.6 is 11.6 Å². The molecule has 0 saturated carbocycles. The Hall–Kier alpha value is -0.560. The van der Waals surface area contributed by atoms with Gasteiger partial charge >= 0.3 is 0 Å². The van der Waals surface area contributed by atoms with Crippen LogP contribution in [0.2, 0.25) is 5.02 Å². The van der Waals surface area contributed by atoms with Gasteiger partial charge in [0.05, 0.1) is 5.02 Å². The summed E-state index contributed by atoms with van der Waals surface area (Å²) in [5.74, 6) is 0. The van der Waals surface area contributed by atoms with Gasteiger partial charge in [0.25, 0.3) is 0 Å². The number of aryl methyl sites for hydroxylation is 1. The van der Waals surface area contributed by atoms with Gasteiger partial charge in [0.1, 0.15) is 0 Å². The molecule has 8 heavy (non-hydrogen) atoms. The van der Waals surface area contributed by atoms with E-state index < -0.39 is 0 Å². The van der Waals surface area contributed by atoms with Crippen LogP contribution in [0.5, 0.6) is 0 Å². The van der Waals surface area contributed by atoms with Crippen LogP contribution in [0.4, 0.5) is 0 Å². The minimum atomic E-state index is 0.635. The average molecular weight is 127 g/mol. The summed E-state index contributed by atoms with van der Waals surface area (Å²) < 4.78 is 0. The molecule has 1 rings (SSSR count). The molecule has 1 heterocycles. The number of hydrogen-bond donors (Lipinski definition) is 0. The second-order valence-corrected chi connectivity index (χ2v) is 1.95.